The maximum atomic E-state index is 12.9. The highest BCUT2D eigenvalue weighted by molar-refractivity contribution is 7.09. The van der Waals surface area contributed by atoms with Crippen LogP contribution in [0.1, 0.15) is 50.2 Å². The Morgan fingerprint density at radius 2 is 2.08 bits per heavy atom. The number of ether oxygens (including phenoxy) is 1. The van der Waals surface area contributed by atoms with Gasteiger partial charge in [0.25, 0.3) is 0 Å². The summed E-state index contributed by atoms with van der Waals surface area (Å²) in [4.78, 5) is 29.9. The van der Waals surface area contributed by atoms with E-state index in [0.717, 1.165) is 28.5 Å². The molecule has 6 heteroatoms. The first-order valence-electron chi connectivity index (χ1n) is 7.98. The van der Waals surface area contributed by atoms with E-state index < -0.39 is 11.9 Å². The zero-order valence-electron chi connectivity index (χ0n) is 14.6. The van der Waals surface area contributed by atoms with Gasteiger partial charge in [-0.15, -0.1) is 11.3 Å². The maximum absolute atomic E-state index is 12.9. The lowest BCUT2D eigenvalue weighted by atomic mass is 9.70. The van der Waals surface area contributed by atoms with Crippen molar-refractivity contribution >= 4 is 23.1 Å². The van der Waals surface area contributed by atoms with Gasteiger partial charge in [0.05, 0.1) is 18.6 Å². The lowest BCUT2D eigenvalue weighted by Gasteiger charge is -2.38. The molecule has 2 heterocycles. The molecule has 1 aliphatic heterocycles. The Balaban J connectivity index is 2.18. The van der Waals surface area contributed by atoms with Gasteiger partial charge in [0.1, 0.15) is 5.01 Å². The minimum atomic E-state index is -0.434. The second-order valence-corrected chi connectivity index (χ2v) is 8.14. The highest BCUT2D eigenvalue weighted by atomic mass is 32.1. The Bertz CT molecular complexity index is 786. The van der Waals surface area contributed by atoms with E-state index in [1.807, 2.05) is 19.2 Å². The Hall–Kier alpha value is -1.95. The molecule has 128 valence electrons. The van der Waals surface area contributed by atoms with Gasteiger partial charge in [0.15, 0.2) is 5.78 Å². The number of carbonyl (C=O) groups is 2. The highest BCUT2D eigenvalue weighted by Crippen LogP contribution is 2.47. The van der Waals surface area contributed by atoms with Crippen LogP contribution in [-0.4, -0.2) is 23.8 Å². The molecule has 0 bridgehead atoms. The third kappa shape index (κ3) is 2.79. The number of rotatable bonds is 2. The third-order valence-electron chi connectivity index (χ3n) is 4.53. The maximum Gasteiger partial charge on any atom is 0.336 e. The number of carbonyl (C=O) groups excluding carboxylic acids is 2. The lowest BCUT2D eigenvalue weighted by Crippen LogP contribution is -2.38. The molecule has 1 N–H and O–H groups in total. The van der Waals surface area contributed by atoms with Crippen molar-refractivity contribution in [1.29, 1.82) is 0 Å². The predicted octanol–water partition coefficient (Wildman–Crippen LogP) is 3.23. The topological polar surface area (TPSA) is 68.3 Å². The molecule has 1 aromatic rings. The monoisotopic (exact) mass is 346 g/mol. The van der Waals surface area contributed by atoms with Crippen molar-refractivity contribution in [2.45, 2.75) is 46.5 Å². The van der Waals surface area contributed by atoms with Gasteiger partial charge in [-0.2, -0.15) is 0 Å². The SMILES string of the molecule is COC(=O)C1=C(C)NC2=C(C(=O)CC(C)(C)C2)C1c1nc(C)cs1. The number of nitrogens with zero attached hydrogens (tertiary/aromatic N) is 1. The zero-order chi connectivity index (χ0) is 17.6. The summed E-state index contributed by atoms with van der Waals surface area (Å²) in [6, 6.07) is 0. The van der Waals surface area contributed by atoms with Crippen LogP contribution in [0, 0.1) is 12.3 Å². The van der Waals surface area contributed by atoms with E-state index in [1.54, 1.807) is 0 Å². The first-order valence-corrected chi connectivity index (χ1v) is 8.86. The number of Topliss-reactive ketones (excluding diaryl/α,β-unsaturated/α-hetero) is 1. The molecule has 1 aliphatic carbocycles. The van der Waals surface area contributed by atoms with Gasteiger partial charge in [-0.25, -0.2) is 9.78 Å². The fourth-order valence-corrected chi connectivity index (χ4v) is 4.48. The van der Waals surface area contributed by atoms with Crippen LogP contribution >= 0.6 is 11.3 Å². The summed E-state index contributed by atoms with van der Waals surface area (Å²) in [6.45, 7) is 7.95. The molecule has 0 aromatic carbocycles. The van der Waals surface area contributed by atoms with E-state index in [1.165, 1.54) is 18.4 Å². The summed E-state index contributed by atoms with van der Waals surface area (Å²) < 4.78 is 4.98. The molecule has 0 spiro atoms. The van der Waals surface area contributed by atoms with Crippen molar-refractivity contribution < 1.29 is 14.3 Å². The highest BCUT2D eigenvalue weighted by Gasteiger charge is 2.44. The van der Waals surface area contributed by atoms with Crippen LogP contribution < -0.4 is 5.32 Å². The van der Waals surface area contributed by atoms with Crippen LogP contribution in [0.2, 0.25) is 0 Å². The Labute approximate surface area is 145 Å². The van der Waals surface area contributed by atoms with Crippen LogP contribution in [0.25, 0.3) is 0 Å². The van der Waals surface area contributed by atoms with Crippen molar-refractivity contribution in [2.24, 2.45) is 5.41 Å². The lowest BCUT2D eigenvalue weighted by molar-refractivity contribution is -0.136. The summed E-state index contributed by atoms with van der Waals surface area (Å²) in [5.74, 6) is -0.765. The van der Waals surface area contributed by atoms with E-state index in [2.05, 4.69) is 24.1 Å². The molecular weight excluding hydrogens is 324 g/mol. The number of dihydropyridines is 1. The quantitative estimate of drug-likeness (QED) is 0.833. The smallest absolute Gasteiger partial charge is 0.336 e. The normalized spacial score (nSPS) is 23.0. The van der Waals surface area contributed by atoms with E-state index in [9.17, 15) is 9.59 Å². The van der Waals surface area contributed by atoms with Gasteiger partial charge in [-0.1, -0.05) is 13.8 Å². The van der Waals surface area contributed by atoms with Crippen LogP contribution in [0.15, 0.2) is 27.9 Å². The zero-order valence-corrected chi connectivity index (χ0v) is 15.5. The van der Waals surface area contributed by atoms with Crippen molar-refractivity contribution in [3.8, 4) is 0 Å². The van der Waals surface area contributed by atoms with Gasteiger partial charge >= 0.3 is 5.97 Å². The summed E-state index contributed by atoms with van der Waals surface area (Å²) >= 11 is 1.48. The first-order chi connectivity index (χ1) is 11.2. The number of allylic oxidation sites excluding steroid dienone is 3. The fraction of sp³-hybridized carbons (Fsp3) is 0.500. The van der Waals surface area contributed by atoms with E-state index in [-0.39, 0.29) is 11.2 Å². The van der Waals surface area contributed by atoms with Crippen molar-refractivity contribution in [2.75, 3.05) is 7.11 Å². The number of aryl methyl sites for hydroxylation is 1. The van der Waals surface area contributed by atoms with E-state index in [4.69, 9.17) is 4.74 Å². The summed E-state index contributed by atoms with van der Waals surface area (Å²) in [5, 5.41) is 6.01. The minimum Gasteiger partial charge on any atom is -0.466 e. The Kier molecular flexibility index (Phi) is 4.11. The van der Waals surface area contributed by atoms with Crippen molar-refractivity contribution in [1.82, 2.24) is 10.3 Å². The fourth-order valence-electron chi connectivity index (χ4n) is 3.57. The molecule has 2 aliphatic rings. The number of nitrogens with one attached hydrogen (secondary N) is 1. The Morgan fingerprint density at radius 1 is 1.38 bits per heavy atom. The second kappa shape index (κ2) is 5.84. The van der Waals surface area contributed by atoms with E-state index in [0.29, 0.717) is 17.6 Å². The van der Waals surface area contributed by atoms with E-state index >= 15 is 0 Å². The summed E-state index contributed by atoms with van der Waals surface area (Å²) in [7, 11) is 1.36. The first kappa shape index (κ1) is 16.9. The van der Waals surface area contributed by atoms with Crippen LogP contribution in [0.4, 0.5) is 0 Å². The number of ketones is 1. The molecule has 1 aromatic heterocycles. The molecule has 0 amide bonds. The summed E-state index contributed by atoms with van der Waals surface area (Å²) in [6.07, 6.45) is 1.25. The van der Waals surface area contributed by atoms with Crippen molar-refractivity contribution in [3.63, 3.8) is 0 Å². The predicted molar refractivity (Wildman–Crippen MR) is 92.5 cm³/mol. The summed E-state index contributed by atoms with van der Waals surface area (Å²) in [5.41, 5.74) is 3.62. The molecule has 0 saturated heterocycles. The molecule has 0 radical (unpaired) electrons. The molecule has 0 fully saturated rings. The van der Waals surface area contributed by atoms with Gasteiger partial charge in [0, 0.05) is 34.5 Å². The number of methoxy groups -OCH3 is 1. The molecule has 1 unspecified atom stereocenters. The molecule has 0 saturated carbocycles. The number of esters is 1. The molecule has 24 heavy (non-hydrogen) atoms. The minimum absolute atomic E-state index is 0.0838. The largest absolute Gasteiger partial charge is 0.466 e. The van der Waals surface area contributed by atoms with Crippen LogP contribution in [0.3, 0.4) is 0 Å². The number of aromatic nitrogens is 1. The Morgan fingerprint density at radius 3 is 2.67 bits per heavy atom. The van der Waals surface area contributed by atoms with Crippen molar-refractivity contribution in [3.05, 3.63) is 38.6 Å². The van der Waals surface area contributed by atoms with Crippen LogP contribution in [-0.2, 0) is 14.3 Å². The molecule has 1 atom stereocenters. The van der Waals surface area contributed by atoms with Gasteiger partial charge < -0.3 is 10.1 Å². The van der Waals surface area contributed by atoms with Crippen LogP contribution in [0.5, 0.6) is 0 Å². The van der Waals surface area contributed by atoms with Gasteiger partial charge in [0.2, 0.25) is 0 Å². The molecular formula is C18H22N2O3S. The van der Waals surface area contributed by atoms with Gasteiger partial charge in [-0.05, 0) is 25.7 Å². The number of hydrogen-bond donors (Lipinski definition) is 1. The average molecular weight is 346 g/mol. The standard InChI is InChI=1S/C18H22N2O3S/c1-9-8-24-16(19-9)15-13(17(22)23-5)10(2)20-11-6-18(3,4)7-12(21)14(11)15/h8,15,20H,6-7H2,1-5H3. The van der Waals surface area contributed by atoms with Gasteiger partial charge in [-0.3, -0.25) is 4.79 Å². The third-order valence-corrected chi connectivity index (χ3v) is 5.56. The second-order valence-electron chi connectivity index (χ2n) is 7.25. The molecule has 5 nitrogen and oxygen atoms in total. The number of thiazole rings is 1. The molecule has 3 rings (SSSR count). The number of hydrogen-bond acceptors (Lipinski definition) is 6. The average Bonchev–Trinajstić information content (AvgIpc) is 2.90.